The van der Waals surface area contributed by atoms with Gasteiger partial charge in [0.05, 0.1) is 12.6 Å². The van der Waals surface area contributed by atoms with Crippen molar-refractivity contribution in [3.8, 4) is 5.75 Å². The molecule has 1 aliphatic heterocycles. The summed E-state index contributed by atoms with van der Waals surface area (Å²) in [6, 6.07) is 9.53. The Kier molecular flexibility index (Phi) is 5.71. The minimum absolute atomic E-state index is 0.0165. The van der Waals surface area contributed by atoms with Crippen LogP contribution in [0.25, 0.3) is 0 Å². The van der Waals surface area contributed by atoms with Crippen molar-refractivity contribution in [2.75, 3.05) is 25.0 Å². The third-order valence-corrected chi connectivity index (χ3v) is 4.34. The van der Waals surface area contributed by atoms with Crippen LogP contribution in [0.4, 0.5) is 5.69 Å². The number of aromatic nitrogens is 2. The van der Waals surface area contributed by atoms with E-state index in [-0.39, 0.29) is 12.0 Å². The topological polar surface area (TPSA) is 70.2 Å². The molecule has 6 heteroatoms. The van der Waals surface area contributed by atoms with E-state index in [1.54, 1.807) is 6.20 Å². The van der Waals surface area contributed by atoms with Gasteiger partial charge in [-0.2, -0.15) is 5.10 Å². The lowest BCUT2D eigenvalue weighted by Gasteiger charge is -2.31. The number of carbonyl (C=O) groups excluding carboxylic acids is 1. The van der Waals surface area contributed by atoms with E-state index in [0.29, 0.717) is 12.5 Å². The number of likely N-dealkylation sites (tertiary alicyclic amines) is 1. The van der Waals surface area contributed by atoms with Gasteiger partial charge in [-0.1, -0.05) is 0 Å². The van der Waals surface area contributed by atoms with Gasteiger partial charge in [-0.15, -0.1) is 0 Å². The van der Waals surface area contributed by atoms with Crippen LogP contribution in [0.3, 0.4) is 0 Å². The van der Waals surface area contributed by atoms with Crippen LogP contribution >= 0.6 is 0 Å². The second kappa shape index (κ2) is 8.16. The molecule has 1 aromatic heterocycles. The Labute approximate surface area is 148 Å². The molecule has 1 unspecified atom stereocenters. The van der Waals surface area contributed by atoms with E-state index in [2.05, 4.69) is 20.4 Å². The Morgan fingerprint density at radius 1 is 1.36 bits per heavy atom. The number of H-pyrrole nitrogens is 1. The van der Waals surface area contributed by atoms with E-state index >= 15 is 0 Å². The van der Waals surface area contributed by atoms with Gasteiger partial charge in [0.2, 0.25) is 5.91 Å². The fourth-order valence-corrected chi connectivity index (χ4v) is 3.24. The second-order valence-corrected chi connectivity index (χ2v) is 6.83. The Bertz CT molecular complexity index is 667. The number of hydrogen-bond donors (Lipinski definition) is 2. The van der Waals surface area contributed by atoms with Crippen LogP contribution in [0, 0.1) is 0 Å². The van der Waals surface area contributed by atoms with E-state index in [9.17, 15) is 4.79 Å². The molecular formula is C19H26N4O2. The van der Waals surface area contributed by atoms with Gasteiger partial charge in [0.15, 0.2) is 0 Å². The van der Waals surface area contributed by atoms with Crippen LogP contribution in [-0.4, -0.2) is 46.7 Å². The van der Waals surface area contributed by atoms with Gasteiger partial charge in [-0.25, -0.2) is 0 Å². The minimum atomic E-state index is 0.0165. The third-order valence-electron chi connectivity index (χ3n) is 4.34. The van der Waals surface area contributed by atoms with Crippen LogP contribution in [-0.2, 0) is 4.79 Å². The maximum atomic E-state index is 12.3. The van der Waals surface area contributed by atoms with E-state index in [1.165, 1.54) is 0 Å². The quantitative estimate of drug-likeness (QED) is 0.847. The number of ether oxygens (including phenoxy) is 1. The molecule has 2 heterocycles. The number of benzene rings is 1. The summed E-state index contributed by atoms with van der Waals surface area (Å²) in [7, 11) is 0. The first kappa shape index (κ1) is 17.5. The summed E-state index contributed by atoms with van der Waals surface area (Å²) in [5.41, 5.74) is 1.95. The molecule has 1 aromatic carbocycles. The normalized spacial score (nSPS) is 18.3. The first-order chi connectivity index (χ1) is 12.1. The molecule has 1 fully saturated rings. The number of carbonyl (C=O) groups is 1. The van der Waals surface area contributed by atoms with Gasteiger partial charge in [0, 0.05) is 30.0 Å². The van der Waals surface area contributed by atoms with Crippen molar-refractivity contribution >= 4 is 11.6 Å². The molecular weight excluding hydrogens is 316 g/mol. The highest BCUT2D eigenvalue weighted by Gasteiger charge is 2.23. The number of nitrogens with zero attached hydrogens (tertiary/aromatic N) is 2. The fraction of sp³-hybridized carbons (Fsp3) is 0.474. The van der Waals surface area contributed by atoms with Gasteiger partial charge in [0.1, 0.15) is 5.75 Å². The zero-order valence-corrected chi connectivity index (χ0v) is 14.9. The number of hydrogen-bond acceptors (Lipinski definition) is 4. The first-order valence-corrected chi connectivity index (χ1v) is 8.88. The average molecular weight is 342 g/mol. The first-order valence-electron chi connectivity index (χ1n) is 8.88. The maximum absolute atomic E-state index is 12.3. The van der Waals surface area contributed by atoms with Gasteiger partial charge in [-0.05, 0) is 63.6 Å². The van der Waals surface area contributed by atoms with Crippen molar-refractivity contribution in [3.05, 3.63) is 42.2 Å². The Morgan fingerprint density at radius 2 is 2.16 bits per heavy atom. The molecule has 1 amide bonds. The van der Waals surface area contributed by atoms with Crippen LogP contribution in [0.5, 0.6) is 5.75 Å². The number of piperidine rings is 1. The Balaban J connectivity index is 1.50. The highest BCUT2D eigenvalue weighted by molar-refractivity contribution is 5.92. The summed E-state index contributed by atoms with van der Waals surface area (Å²) >= 11 is 0. The number of nitrogens with one attached hydrogen (secondary N) is 2. The van der Waals surface area contributed by atoms with Crippen LogP contribution in [0.1, 0.15) is 38.3 Å². The second-order valence-electron chi connectivity index (χ2n) is 6.83. The molecule has 2 N–H and O–H groups in total. The lowest BCUT2D eigenvalue weighted by atomic mass is 9.95. The zero-order chi connectivity index (χ0) is 17.6. The molecule has 0 aliphatic carbocycles. The minimum Gasteiger partial charge on any atom is -0.491 e. The molecule has 1 aliphatic rings. The van der Waals surface area contributed by atoms with Crippen molar-refractivity contribution in [2.24, 2.45) is 0 Å². The monoisotopic (exact) mass is 342 g/mol. The summed E-state index contributed by atoms with van der Waals surface area (Å²) in [6.45, 7) is 6.24. The molecule has 25 heavy (non-hydrogen) atoms. The molecule has 6 nitrogen and oxygen atoms in total. The SMILES string of the molecule is CC(C)Oc1ccc(NC(=O)CN2CCCC(c3ccn[nH]3)C2)cc1. The predicted molar refractivity (Wildman–Crippen MR) is 97.8 cm³/mol. The number of amides is 1. The van der Waals surface area contributed by atoms with Gasteiger partial charge >= 0.3 is 0 Å². The standard InChI is InChI=1S/C19H26N4O2/c1-14(2)25-17-7-5-16(6-8-17)21-19(24)13-23-11-3-4-15(12-23)18-9-10-20-22-18/h5-10,14-15H,3-4,11-13H2,1-2H3,(H,20,22)(H,21,24). The average Bonchev–Trinajstić information content (AvgIpc) is 3.11. The molecule has 0 radical (unpaired) electrons. The molecule has 1 saturated heterocycles. The van der Waals surface area contributed by atoms with Crippen molar-refractivity contribution in [2.45, 2.75) is 38.7 Å². The van der Waals surface area contributed by atoms with Crippen LogP contribution in [0.15, 0.2) is 36.5 Å². The van der Waals surface area contributed by atoms with E-state index < -0.39 is 0 Å². The third kappa shape index (κ3) is 5.06. The highest BCUT2D eigenvalue weighted by Crippen LogP contribution is 2.25. The summed E-state index contributed by atoms with van der Waals surface area (Å²) < 4.78 is 5.61. The number of anilines is 1. The van der Waals surface area contributed by atoms with Gasteiger partial charge in [0.25, 0.3) is 0 Å². The van der Waals surface area contributed by atoms with Crippen LogP contribution < -0.4 is 10.1 Å². The summed E-state index contributed by atoms with van der Waals surface area (Å²) in [5, 5.41) is 10.0. The van der Waals surface area contributed by atoms with Crippen molar-refractivity contribution in [1.82, 2.24) is 15.1 Å². The number of rotatable bonds is 6. The van der Waals surface area contributed by atoms with Crippen molar-refractivity contribution in [3.63, 3.8) is 0 Å². The van der Waals surface area contributed by atoms with Gasteiger partial charge < -0.3 is 10.1 Å². The van der Waals surface area contributed by atoms with Crippen molar-refractivity contribution < 1.29 is 9.53 Å². The summed E-state index contributed by atoms with van der Waals surface area (Å²) in [4.78, 5) is 14.5. The fourth-order valence-electron chi connectivity index (χ4n) is 3.24. The largest absolute Gasteiger partial charge is 0.491 e. The smallest absolute Gasteiger partial charge is 0.238 e. The zero-order valence-electron chi connectivity index (χ0n) is 14.9. The summed E-state index contributed by atoms with van der Waals surface area (Å²) in [6.07, 6.45) is 4.16. The molecule has 0 saturated carbocycles. The van der Waals surface area contributed by atoms with E-state index in [4.69, 9.17) is 4.74 Å². The maximum Gasteiger partial charge on any atom is 0.238 e. The Hall–Kier alpha value is -2.34. The van der Waals surface area contributed by atoms with E-state index in [1.807, 2.05) is 44.2 Å². The van der Waals surface area contributed by atoms with Gasteiger partial charge in [-0.3, -0.25) is 14.8 Å². The predicted octanol–water partition coefficient (Wildman–Crippen LogP) is 3.02. The molecule has 1 atom stereocenters. The molecule has 0 spiro atoms. The van der Waals surface area contributed by atoms with Crippen LogP contribution in [0.2, 0.25) is 0 Å². The Morgan fingerprint density at radius 3 is 2.84 bits per heavy atom. The lowest BCUT2D eigenvalue weighted by Crippen LogP contribution is -2.39. The number of aromatic amines is 1. The van der Waals surface area contributed by atoms with Crippen molar-refractivity contribution in [1.29, 1.82) is 0 Å². The molecule has 2 aromatic rings. The molecule has 3 rings (SSSR count). The highest BCUT2D eigenvalue weighted by atomic mass is 16.5. The van der Waals surface area contributed by atoms with E-state index in [0.717, 1.165) is 43.1 Å². The molecule has 134 valence electrons. The molecule has 0 bridgehead atoms. The lowest BCUT2D eigenvalue weighted by molar-refractivity contribution is -0.117. The summed E-state index contributed by atoms with van der Waals surface area (Å²) in [5.74, 6) is 1.26.